The number of benzene rings is 1. The van der Waals surface area contributed by atoms with Gasteiger partial charge in [0.25, 0.3) is 10.0 Å². The largest absolute Gasteiger partial charge is 0.487 e. The predicted octanol–water partition coefficient (Wildman–Crippen LogP) is 1.98. The van der Waals surface area contributed by atoms with Crippen LogP contribution in [-0.2, 0) is 35.6 Å². The van der Waals surface area contributed by atoms with E-state index < -0.39 is 57.1 Å². The Morgan fingerprint density at radius 2 is 1.68 bits per heavy atom. The summed E-state index contributed by atoms with van der Waals surface area (Å²) in [5.74, 6) is -1.46. The van der Waals surface area contributed by atoms with E-state index in [0.717, 1.165) is 16.9 Å². The number of hydrogen-bond donors (Lipinski definition) is 6. The van der Waals surface area contributed by atoms with Gasteiger partial charge in [0, 0.05) is 25.1 Å². The fourth-order valence-electron chi connectivity index (χ4n) is 4.94. The fraction of sp³-hybridized carbons (Fsp3) is 0.667. The molecule has 0 spiro atoms. The van der Waals surface area contributed by atoms with E-state index in [1.54, 1.807) is 34.6 Å². The molecule has 0 radical (unpaired) electrons. The summed E-state index contributed by atoms with van der Waals surface area (Å²) in [5.41, 5.74) is 7.61. The van der Waals surface area contributed by atoms with Crippen molar-refractivity contribution in [1.29, 1.82) is 5.41 Å². The Morgan fingerprint density at radius 1 is 1.05 bits per heavy atom. The van der Waals surface area contributed by atoms with E-state index in [1.165, 1.54) is 0 Å². The molecule has 14 heteroatoms. The van der Waals surface area contributed by atoms with Gasteiger partial charge in [-0.1, -0.05) is 6.92 Å². The zero-order valence-corrected chi connectivity index (χ0v) is 28.3. The number of carbonyl (C=O) groups is 3. The van der Waals surface area contributed by atoms with Crippen LogP contribution in [0.5, 0.6) is 5.75 Å². The minimum Gasteiger partial charge on any atom is -0.487 e. The van der Waals surface area contributed by atoms with Crippen molar-refractivity contribution in [2.24, 2.45) is 5.73 Å². The summed E-state index contributed by atoms with van der Waals surface area (Å²) in [6, 6.07) is -2.16. The number of ether oxygens (including phenoxy) is 2. The number of amides is 2. The van der Waals surface area contributed by atoms with E-state index in [1.807, 2.05) is 27.7 Å². The summed E-state index contributed by atoms with van der Waals surface area (Å²) in [4.78, 5) is 37.8. The lowest BCUT2D eigenvalue weighted by Crippen LogP contribution is -2.52. The van der Waals surface area contributed by atoms with Crippen molar-refractivity contribution >= 4 is 33.8 Å². The van der Waals surface area contributed by atoms with Gasteiger partial charge in [-0.3, -0.25) is 19.8 Å². The predicted molar refractivity (Wildman–Crippen MR) is 168 cm³/mol. The second-order valence-electron chi connectivity index (χ2n) is 12.8. The van der Waals surface area contributed by atoms with Crippen LogP contribution in [0.15, 0.2) is 4.90 Å². The normalized spacial score (nSPS) is 15.3. The number of hydrogen-bond acceptors (Lipinski definition) is 9. The topological polar surface area (TPSA) is 202 Å². The molecule has 1 heterocycles. The van der Waals surface area contributed by atoms with E-state index in [2.05, 4.69) is 20.7 Å². The molecule has 1 aliphatic rings. The third-order valence-electron chi connectivity index (χ3n) is 7.10. The maximum absolute atomic E-state index is 13.3. The molecule has 1 aromatic carbocycles. The average molecular weight is 639 g/mol. The summed E-state index contributed by atoms with van der Waals surface area (Å²) in [6.45, 7) is 16.7. The molecule has 13 nitrogen and oxygen atoms in total. The van der Waals surface area contributed by atoms with E-state index in [4.69, 9.17) is 20.6 Å². The van der Waals surface area contributed by atoms with Gasteiger partial charge in [-0.05, 0) is 91.3 Å². The number of carbonyl (C=O) groups excluding carboxylic acids is 3. The second-order valence-corrected chi connectivity index (χ2v) is 14.5. The molecule has 1 aromatic rings. The zero-order chi connectivity index (χ0) is 33.6. The molecule has 2 unspecified atom stereocenters. The lowest BCUT2D eigenvalue weighted by atomic mass is 9.94. The van der Waals surface area contributed by atoms with Gasteiger partial charge in [-0.25, -0.2) is 13.1 Å². The molecule has 0 aliphatic carbocycles. The number of esters is 1. The molecular weight excluding hydrogens is 588 g/mol. The zero-order valence-electron chi connectivity index (χ0n) is 27.4. The molecule has 0 saturated carbocycles. The smallest absolute Gasteiger partial charge is 0.308 e. The summed E-state index contributed by atoms with van der Waals surface area (Å²) >= 11 is 0. The third-order valence-corrected chi connectivity index (χ3v) is 8.72. The third kappa shape index (κ3) is 10.1. The van der Waals surface area contributed by atoms with Crippen LogP contribution in [0, 0.1) is 26.2 Å². The molecule has 2 amide bonds. The van der Waals surface area contributed by atoms with Crippen LogP contribution < -0.4 is 31.1 Å². The first-order chi connectivity index (χ1) is 20.2. The van der Waals surface area contributed by atoms with Gasteiger partial charge < -0.3 is 31.2 Å². The second kappa shape index (κ2) is 14.6. The van der Waals surface area contributed by atoms with E-state index >= 15 is 0 Å². The Balaban J connectivity index is 1.95. The van der Waals surface area contributed by atoms with Crippen LogP contribution in [0.25, 0.3) is 0 Å². The minimum atomic E-state index is -4.08. The average Bonchev–Trinajstić information content (AvgIpc) is 3.22. The number of sulfonamides is 1. The maximum Gasteiger partial charge on any atom is 0.308 e. The Morgan fingerprint density at radius 3 is 2.27 bits per heavy atom. The number of nitrogens with one attached hydrogen (secondary N) is 5. The first-order valence-electron chi connectivity index (χ1n) is 14.9. The lowest BCUT2D eigenvalue weighted by Gasteiger charge is -2.23. The Hall–Kier alpha value is -3.39. The SMILES string of the molecule is CCCNC(=O)C(CC(=O)OC(C)(C)C)NC(=O)C(N)CCCNC(=N)NS(=O)(=O)c1c(C)c(C)c2c(c1C)CC(C)(C)O2. The van der Waals surface area contributed by atoms with Crippen molar-refractivity contribution < 1.29 is 32.3 Å². The number of guanidine groups is 1. The van der Waals surface area contributed by atoms with E-state index in [0.29, 0.717) is 36.9 Å². The number of fused-ring (bicyclic) bond motifs is 1. The van der Waals surface area contributed by atoms with Gasteiger partial charge in [-0.2, -0.15) is 0 Å². The van der Waals surface area contributed by atoms with Crippen molar-refractivity contribution in [3.63, 3.8) is 0 Å². The molecule has 7 N–H and O–H groups in total. The van der Waals surface area contributed by atoms with Gasteiger partial charge >= 0.3 is 5.97 Å². The van der Waals surface area contributed by atoms with Crippen molar-refractivity contribution in [1.82, 2.24) is 20.7 Å². The highest BCUT2D eigenvalue weighted by Gasteiger charge is 2.37. The van der Waals surface area contributed by atoms with E-state index in [9.17, 15) is 22.8 Å². The van der Waals surface area contributed by atoms with Gasteiger partial charge in [0.05, 0.1) is 17.4 Å². The summed E-state index contributed by atoms with van der Waals surface area (Å²) < 4.78 is 40.3. The molecule has 0 bridgehead atoms. The van der Waals surface area contributed by atoms with Crippen LogP contribution in [0.1, 0.15) is 89.5 Å². The van der Waals surface area contributed by atoms with Gasteiger partial charge in [0.2, 0.25) is 17.8 Å². The van der Waals surface area contributed by atoms with E-state index in [-0.39, 0.29) is 24.3 Å². The Bertz CT molecular complexity index is 1370. The highest BCUT2D eigenvalue weighted by molar-refractivity contribution is 7.90. The minimum absolute atomic E-state index is 0.129. The maximum atomic E-state index is 13.3. The number of rotatable bonds is 13. The standard InChI is InChI=1S/C30H50N6O7S/c1-10-13-33-27(39)22(15-23(37)42-29(5,6)7)35-26(38)21(31)12-11-14-34-28(32)36-44(40,41)25-18(3)17(2)24-20(19(25)4)16-30(8,9)43-24/h21-22H,10-16,31H2,1-9H3,(H,33,39)(H,35,38)(H3,32,34,36). The summed E-state index contributed by atoms with van der Waals surface area (Å²) in [6.07, 6.45) is 1.40. The van der Waals surface area contributed by atoms with Crippen molar-refractivity contribution in [3.05, 3.63) is 22.3 Å². The molecule has 2 rings (SSSR count). The molecule has 0 aromatic heterocycles. The summed E-state index contributed by atoms with van der Waals surface area (Å²) in [5, 5.41) is 16.1. The molecule has 1 aliphatic heterocycles. The van der Waals surface area contributed by atoms with Crippen LogP contribution in [0.2, 0.25) is 0 Å². The molecular formula is C30H50N6O7S. The highest BCUT2D eigenvalue weighted by Crippen LogP contribution is 2.43. The Labute approximate surface area is 261 Å². The molecule has 0 fully saturated rings. The van der Waals surface area contributed by atoms with Gasteiger partial charge in [0.1, 0.15) is 23.0 Å². The lowest BCUT2D eigenvalue weighted by molar-refractivity contribution is -0.156. The quantitative estimate of drug-likeness (QED) is 0.0808. The Kier molecular flexibility index (Phi) is 12.2. The van der Waals surface area contributed by atoms with Crippen molar-refractivity contribution in [2.45, 2.75) is 123 Å². The first-order valence-corrected chi connectivity index (χ1v) is 16.4. The van der Waals surface area contributed by atoms with Gasteiger partial charge in [-0.15, -0.1) is 0 Å². The molecule has 0 saturated heterocycles. The van der Waals surface area contributed by atoms with Crippen LogP contribution in [0.3, 0.4) is 0 Å². The van der Waals surface area contributed by atoms with Crippen LogP contribution >= 0.6 is 0 Å². The number of nitrogens with two attached hydrogens (primary N) is 1. The fourth-order valence-corrected chi connectivity index (χ4v) is 6.47. The van der Waals surface area contributed by atoms with Crippen LogP contribution in [-0.4, -0.2) is 68.5 Å². The first kappa shape index (κ1) is 36.8. The monoisotopic (exact) mass is 638 g/mol. The molecule has 2 atom stereocenters. The highest BCUT2D eigenvalue weighted by atomic mass is 32.2. The van der Waals surface area contributed by atoms with Crippen molar-refractivity contribution in [2.75, 3.05) is 13.1 Å². The van der Waals surface area contributed by atoms with Crippen LogP contribution in [0.4, 0.5) is 0 Å². The van der Waals surface area contributed by atoms with Gasteiger partial charge in [0.15, 0.2) is 0 Å². The molecule has 248 valence electrons. The summed E-state index contributed by atoms with van der Waals surface area (Å²) in [7, 11) is -4.08. The molecule has 44 heavy (non-hydrogen) atoms. The van der Waals surface area contributed by atoms with Crippen molar-refractivity contribution in [3.8, 4) is 5.75 Å².